The van der Waals surface area contributed by atoms with Crippen molar-refractivity contribution in [2.24, 2.45) is 0 Å². The first-order chi connectivity index (χ1) is 9.99. The van der Waals surface area contributed by atoms with Crippen molar-refractivity contribution in [1.29, 1.82) is 0 Å². The van der Waals surface area contributed by atoms with Crippen LogP contribution >= 0.6 is 15.9 Å². The standard InChI is InChI=1S/C16H16BrNO3/c1-3-10-9-14(19)18(12-7-5-11(17)6-8-12)13(4-2)15(10)16(20)21/h5-9H,3-4H2,1-2H3,(H,20,21). The van der Waals surface area contributed by atoms with Gasteiger partial charge in [-0.3, -0.25) is 9.36 Å². The van der Waals surface area contributed by atoms with Gasteiger partial charge in [0.05, 0.1) is 5.56 Å². The molecule has 1 heterocycles. The molecule has 2 aromatic rings. The molecule has 21 heavy (non-hydrogen) atoms. The van der Waals surface area contributed by atoms with Gasteiger partial charge >= 0.3 is 5.97 Å². The monoisotopic (exact) mass is 349 g/mol. The van der Waals surface area contributed by atoms with Gasteiger partial charge in [0.2, 0.25) is 0 Å². The van der Waals surface area contributed by atoms with Crippen molar-refractivity contribution in [3.8, 4) is 5.69 Å². The summed E-state index contributed by atoms with van der Waals surface area (Å²) in [5.74, 6) is -0.991. The van der Waals surface area contributed by atoms with Crippen LogP contribution in [0.4, 0.5) is 0 Å². The number of hydrogen-bond acceptors (Lipinski definition) is 2. The number of rotatable bonds is 4. The Hall–Kier alpha value is -1.88. The van der Waals surface area contributed by atoms with E-state index in [1.54, 1.807) is 12.1 Å². The van der Waals surface area contributed by atoms with Crippen LogP contribution in [0.2, 0.25) is 0 Å². The van der Waals surface area contributed by atoms with E-state index in [-0.39, 0.29) is 11.1 Å². The number of nitrogens with zero attached hydrogens (tertiary/aromatic N) is 1. The summed E-state index contributed by atoms with van der Waals surface area (Å²) < 4.78 is 2.38. The number of carboxylic acid groups (broad SMARTS) is 1. The number of aromatic carboxylic acids is 1. The minimum atomic E-state index is -0.991. The topological polar surface area (TPSA) is 59.3 Å². The first-order valence-corrected chi connectivity index (χ1v) is 7.55. The Labute approximate surface area is 131 Å². The Morgan fingerprint density at radius 2 is 1.81 bits per heavy atom. The summed E-state index contributed by atoms with van der Waals surface area (Å²) in [5, 5.41) is 9.49. The van der Waals surface area contributed by atoms with Crippen LogP contribution in [-0.2, 0) is 12.8 Å². The SMILES string of the molecule is CCc1cc(=O)n(-c2ccc(Br)cc2)c(CC)c1C(=O)O. The lowest BCUT2D eigenvalue weighted by atomic mass is 10.0. The maximum absolute atomic E-state index is 12.4. The Kier molecular flexibility index (Phi) is 4.63. The highest BCUT2D eigenvalue weighted by Gasteiger charge is 2.19. The quantitative estimate of drug-likeness (QED) is 0.919. The maximum Gasteiger partial charge on any atom is 0.337 e. The number of halogens is 1. The molecule has 0 radical (unpaired) electrons. The third-order valence-corrected chi connectivity index (χ3v) is 3.94. The van der Waals surface area contributed by atoms with Gasteiger partial charge < -0.3 is 5.11 Å². The van der Waals surface area contributed by atoms with Crippen LogP contribution in [-0.4, -0.2) is 15.6 Å². The number of carboxylic acids is 1. The van der Waals surface area contributed by atoms with E-state index >= 15 is 0 Å². The number of hydrogen-bond donors (Lipinski definition) is 1. The summed E-state index contributed by atoms with van der Waals surface area (Å²) in [7, 11) is 0. The molecular formula is C16H16BrNO3. The maximum atomic E-state index is 12.4. The van der Waals surface area contributed by atoms with Crippen molar-refractivity contribution >= 4 is 21.9 Å². The number of aryl methyl sites for hydroxylation is 1. The van der Waals surface area contributed by atoms with Gasteiger partial charge in [0.1, 0.15) is 0 Å². The molecule has 0 unspecified atom stereocenters. The second-order valence-corrected chi connectivity index (χ2v) is 5.57. The summed E-state index contributed by atoms with van der Waals surface area (Å²) >= 11 is 3.35. The van der Waals surface area contributed by atoms with E-state index in [0.29, 0.717) is 29.8 Å². The van der Waals surface area contributed by atoms with Gasteiger partial charge in [-0.2, -0.15) is 0 Å². The van der Waals surface area contributed by atoms with Crippen molar-refractivity contribution < 1.29 is 9.90 Å². The molecular weight excluding hydrogens is 334 g/mol. The van der Waals surface area contributed by atoms with Crippen LogP contribution in [0.15, 0.2) is 39.6 Å². The molecule has 1 aromatic carbocycles. The van der Waals surface area contributed by atoms with Gasteiger partial charge in [-0.15, -0.1) is 0 Å². The molecule has 2 rings (SSSR count). The zero-order chi connectivity index (χ0) is 15.6. The van der Waals surface area contributed by atoms with E-state index in [0.717, 1.165) is 4.47 Å². The van der Waals surface area contributed by atoms with E-state index in [1.165, 1.54) is 10.6 Å². The highest BCUT2D eigenvalue weighted by Crippen LogP contribution is 2.20. The number of carbonyl (C=O) groups is 1. The van der Waals surface area contributed by atoms with E-state index in [2.05, 4.69) is 15.9 Å². The number of benzene rings is 1. The van der Waals surface area contributed by atoms with Crippen LogP contribution in [0, 0.1) is 0 Å². The second-order valence-electron chi connectivity index (χ2n) is 4.65. The van der Waals surface area contributed by atoms with Crippen LogP contribution in [0.3, 0.4) is 0 Å². The van der Waals surface area contributed by atoms with Gasteiger partial charge in [-0.25, -0.2) is 4.79 Å². The number of pyridine rings is 1. The first kappa shape index (κ1) is 15.5. The molecule has 0 aliphatic heterocycles. The van der Waals surface area contributed by atoms with Crippen molar-refractivity contribution in [1.82, 2.24) is 4.57 Å². The third-order valence-electron chi connectivity index (χ3n) is 3.41. The highest BCUT2D eigenvalue weighted by atomic mass is 79.9. The fourth-order valence-corrected chi connectivity index (χ4v) is 2.73. The largest absolute Gasteiger partial charge is 0.478 e. The van der Waals surface area contributed by atoms with Crippen LogP contribution in [0.5, 0.6) is 0 Å². The second kappa shape index (κ2) is 6.26. The average molecular weight is 350 g/mol. The fourth-order valence-electron chi connectivity index (χ4n) is 2.46. The van der Waals surface area contributed by atoms with Gasteiger partial charge in [0.25, 0.3) is 5.56 Å². The van der Waals surface area contributed by atoms with E-state index in [9.17, 15) is 14.7 Å². The van der Waals surface area contributed by atoms with Gasteiger partial charge in [-0.1, -0.05) is 29.8 Å². The van der Waals surface area contributed by atoms with Gasteiger partial charge in [0, 0.05) is 21.9 Å². The predicted octanol–water partition coefficient (Wildman–Crippen LogP) is 3.42. The van der Waals surface area contributed by atoms with Gasteiger partial charge in [0.15, 0.2) is 0 Å². The fraction of sp³-hybridized carbons (Fsp3) is 0.250. The van der Waals surface area contributed by atoms with Crippen LogP contribution in [0.25, 0.3) is 5.69 Å². The van der Waals surface area contributed by atoms with Crippen molar-refractivity contribution in [3.05, 3.63) is 62.0 Å². The average Bonchev–Trinajstić information content (AvgIpc) is 2.46. The highest BCUT2D eigenvalue weighted by molar-refractivity contribution is 9.10. The summed E-state index contributed by atoms with van der Waals surface area (Å²) in [6.07, 6.45) is 0.992. The molecule has 5 heteroatoms. The van der Waals surface area contributed by atoms with E-state index in [4.69, 9.17) is 0 Å². The van der Waals surface area contributed by atoms with E-state index < -0.39 is 5.97 Å². The molecule has 0 amide bonds. The first-order valence-electron chi connectivity index (χ1n) is 6.76. The molecule has 0 spiro atoms. The van der Waals surface area contributed by atoms with Crippen LogP contribution < -0.4 is 5.56 Å². The Balaban J connectivity index is 2.82. The Morgan fingerprint density at radius 1 is 1.19 bits per heavy atom. The Morgan fingerprint density at radius 3 is 2.29 bits per heavy atom. The van der Waals surface area contributed by atoms with Crippen LogP contribution in [0.1, 0.15) is 35.5 Å². The van der Waals surface area contributed by atoms with Crippen molar-refractivity contribution in [3.63, 3.8) is 0 Å². The lowest BCUT2D eigenvalue weighted by Crippen LogP contribution is -2.26. The smallest absolute Gasteiger partial charge is 0.337 e. The normalized spacial score (nSPS) is 10.6. The molecule has 110 valence electrons. The summed E-state index contributed by atoms with van der Waals surface area (Å²) in [5.41, 5.74) is 1.83. The molecule has 0 saturated carbocycles. The van der Waals surface area contributed by atoms with Gasteiger partial charge in [-0.05, 0) is 42.7 Å². The zero-order valence-electron chi connectivity index (χ0n) is 11.9. The molecule has 0 aliphatic rings. The summed E-state index contributed by atoms with van der Waals surface area (Å²) in [6.45, 7) is 3.71. The molecule has 4 nitrogen and oxygen atoms in total. The molecule has 0 bridgehead atoms. The predicted molar refractivity (Wildman–Crippen MR) is 85.5 cm³/mol. The summed E-state index contributed by atoms with van der Waals surface area (Å²) in [4.78, 5) is 24.0. The van der Waals surface area contributed by atoms with Crippen molar-refractivity contribution in [2.75, 3.05) is 0 Å². The molecule has 1 aromatic heterocycles. The zero-order valence-corrected chi connectivity index (χ0v) is 13.5. The molecule has 0 saturated heterocycles. The van der Waals surface area contributed by atoms with E-state index in [1.807, 2.05) is 26.0 Å². The summed E-state index contributed by atoms with van der Waals surface area (Å²) in [6, 6.07) is 8.67. The Bertz CT molecular complexity index is 732. The lowest BCUT2D eigenvalue weighted by Gasteiger charge is -2.17. The molecule has 0 fully saturated rings. The minimum Gasteiger partial charge on any atom is -0.478 e. The molecule has 0 aliphatic carbocycles. The van der Waals surface area contributed by atoms with Crippen molar-refractivity contribution in [2.45, 2.75) is 26.7 Å². The molecule has 1 N–H and O–H groups in total. The minimum absolute atomic E-state index is 0.198. The lowest BCUT2D eigenvalue weighted by molar-refractivity contribution is 0.0693. The third kappa shape index (κ3) is 2.93. The molecule has 0 atom stereocenters. The number of aromatic nitrogens is 1.